The normalized spacial score (nSPS) is 10.1. The molecule has 0 aliphatic rings. The van der Waals surface area contributed by atoms with Crippen LogP contribution in [0.5, 0.6) is 0 Å². The predicted molar refractivity (Wildman–Crippen MR) is 111 cm³/mol. The molecule has 0 spiro atoms. The number of aromatic amines is 1. The highest BCUT2D eigenvalue weighted by Gasteiger charge is 2.10. The highest BCUT2D eigenvalue weighted by Crippen LogP contribution is 2.23. The Balaban J connectivity index is 0.000000858. The lowest BCUT2D eigenvalue weighted by Gasteiger charge is -2.10. The van der Waals surface area contributed by atoms with Gasteiger partial charge in [-0.1, -0.05) is 0 Å². The van der Waals surface area contributed by atoms with Gasteiger partial charge in [-0.3, -0.25) is 14.6 Å². The summed E-state index contributed by atoms with van der Waals surface area (Å²) in [6.45, 7) is 1.24. The molecule has 10 nitrogen and oxygen atoms in total. The number of carbonyl (C=O) groups excluding carboxylic acids is 1. The number of carbonyl (C=O) groups is 2. The molecule has 0 saturated heterocycles. The van der Waals surface area contributed by atoms with Crippen molar-refractivity contribution < 1.29 is 23.5 Å². The summed E-state index contributed by atoms with van der Waals surface area (Å²) in [6.07, 6.45) is 1.04. The third kappa shape index (κ3) is 5.29. The van der Waals surface area contributed by atoms with Crippen molar-refractivity contribution in [3.63, 3.8) is 0 Å². The Morgan fingerprint density at radius 1 is 1.16 bits per heavy atom. The zero-order valence-corrected chi connectivity index (χ0v) is 16.0. The maximum absolute atomic E-state index is 14.1. The zero-order chi connectivity index (χ0) is 22.4. The summed E-state index contributed by atoms with van der Waals surface area (Å²) in [7, 11) is 0. The first-order valence-electron chi connectivity index (χ1n) is 8.78. The molecule has 11 heteroatoms. The quantitative estimate of drug-likeness (QED) is 0.278. The standard InChI is InChI=1S/C19H14FN5O3.CH2O2/c1-10(26)11-2-4-12(5-3-11)23-18-21-9-14(20)17(25-18)22-13-6-7-16-15(8-13)24-19(27)28-16;2-1-3/h2-9H,1H3,(H,24,27)(H2,21,22,23,25);1H,(H,2,3). The maximum atomic E-state index is 14.1. The van der Waals surface area contributed by atoms with E-state index >= 15 is 0 Å². The molecular weight excluding hydrogens is 409 g/mol. The third-order valence-corrected chi connectivity index (χ3v) is 3.97. The van der Waals surface area contributed by atoms with Crippen LogP contribution in [0.1, 0.15) is 17.3 Å². The van der Waals surface area contributed by atoms with Crippen LogP contribution in [-0.2, 0) is 4.79 Å². The number of halogens is 1. The molecule has 0 atom stereocenters. The van der Waals surface area contributed by atoms with E-state index in [-0.39, 0.29) is 24.0 Å². The summed E-state index contributed by atoms with van der Waals surface area (Å²) in [5, 5.41) is 12.7. The van der Waals surface area contributed by atoms with Crippen molar-refractivity contribution >= 4 is 46.5 Å². The first kappa shape index (κ1) is 21.2. The van der Waals surface area contributed by atoms with Crippen molar-refractivity contribution in [1.29, 1.82) is 0 Å². The summed E-state index contributed by atoms with van der Waals surface area (Å²) >= 11 is 0. The Morgan fingerprint density at radius 2 is 1.84 bits per heavy atom. The van der Waals surface area contributed by atoms with Gasteiger partial charge in [0.1, 0.15) is 0 Å². The van der Waals surface area contributed by atoms with Crippen molar-refractivity contribution in [2.45, 2.75) is 6.92 Å². The number of benzene rings is 2. The fraction of sp³-hybridized carbons (Fsp3) is 0.0500. The highest BCUT2D eigenvalue weighted by atomic mass is 19.1. The topological polar surface area (TPSA) is 150 Å². The monoisotopic (exact) mass is 425 g/mol. The molecule has 4 aromatic rings. The second-order valence-corrected chi connectivity index (χ2v) is 6.10. The average molecular weight is 425 g/mol. The Kier molecular flexibility index (Phi) is 6.36. The highest BCUT2D eigenvalue weighted by molar-refractivity contribution is 5.94. The number of fused-ring (bicyclic) bond motifs is 1. The first-order chi connectivity index (χ1) is 14.9. The van der Waals surface area contributed by atoms with Gasteiger partial charge in [-0.05, 0) is 49.4 Å². The molecule has 0 amide bonds. The molecule has 0 aliphatic carbocycles. The summed E-state index contributed by atoms with van der Waals surface area (Å²) in [5.74, 6) is -1.10. The number of carboxylic acid groups (broad SMARTS) is 1. The molecule has 2 heterocycles. The molecular formula is C20H16FN5O5. The van der Waals surface area contributed by atoms with Gasteiger partial charge in [0.2, 0.25) is 5.95 Å². The van der Waals surface area contributed by atoms with E-state index < -0.39 is 11.6 Å². The molecule has 0 radical (unpaired) electrons. The Hall–Kier alpha value is -4.54. The number of ketones is 1. The molecule has 0 fully saturated rings. The molecule has 2 aromatic heterocycles. The lowest BCUT2D eigenvalue weighted by Crippen LogP contribution is -2.03. The Morgan fingerprint density at radius 3 is 2.52 bits per heavy atom. The van der Waals surface area contributed by atoms with E-state index in [4.69, 9.17) is 14.3 Å². The van der Waals surface area contributed by atoms with Crippen LogP contribution in [0.4, 0.5) is 27.5 Å². The molecule has 0 saturated carbocycles. The molecule has 2 aromatic carbocycles. The molecule has 4 N–H and O–H groups in total. The second-order valence-electron chi connectivity index (χ2n) is 6.10. The van der Waals surface area contributed by atoms with Crippen LogP contribution in [0, 0.1) is 5.82 Å². The van der Waals surface area contributed by atoms with E-state index in [1.54, 1.807) is 42.5 Å². The summed E-state index contributed by atoms with van der Waals surface area (Å²) in [5.41, 5.74) is 2.63. The van der Waals surface area contributed by atoms with Gasteiger partial charge in [-0.2, -0.15) is 4.98 Å². The molecule has 0 unspecified atom stereocenters. The summed E-state index contributed by atoms with van der Waals surface area (Å²) in [4.78, 5) is 41.5. The average Bonchev–Trinajstić information content (AvgIpc) is 3.11. The van der Waals surface area contributed by atoms with Crippen LogP contribution in [0.2, 0.25) is 0 Å². The number of anilines is 4. The van der Waals surface area contributed by atoms with Gasteiger partial charge in [-0.15, -0.1) is 0 Å². The van der Waals surface area contributed by atoms with Crippen LogP contribution in [-0.4, -0.2) is 32.3 Å². The predicted octanol–water partition coefficient (Wildman–Crippen LogP) is 3.44. The summed E-state index contributed by atoms with van der Waals surface area (Å²) < 4.78 is 19.1. The van der Waals surface area contributed by atoms with Crippen LogP contribution < -0.4 is 16.4 Å². The minimum atomic E-state index is -0.640. The lowest BCUT2D eigenvalue weighted by molar-refractivity contribution is -0.122. The number of hydrogen-bond acceptors (Lipinski definition) is 8. The number of nitrogens with one attached hydrogen (secondary N) is 3. The van der Waals surface area contributed by atoms with Gasteiger partial charge in [0, 0.05) is 16.9 Å². The van der Waals surface area contributed by atoms with Gasteiger partial charge in [0.25, 0.3) is 6.47 Å². The fourth-order valence-electron chi connectivity index (χ4n) is 2.60. The van der Waals surface area contributed by atoms with Crippen LogP contribution >= 0.6 is 0 Å². The molecule has 0 bridgehead atoms. The number of rotatable bonds is 5. The smallest absolute Gasteiger partial charge is 0.417 e. The Bertz CT molecular complexity index is 1280. The number of oxazole rings is 1. The minimum absolute atomic E-state index is 0.0352. The van der Waals surface area contributed by atoms with Gasteiger partial charge in [-0.25, -0.2) is 14.2 Å². The number of aromatic nitrogens is 3. The zero-order valence-electron chi connectivity index (χ0n) is 16.0. The van der Waals surface area contributed by atoms with Crippen LogP contribution in [0.15, 0.2) is 57.9 Å². The van der Waals surface area contributed by atoms with Crippen molar-refractivity contribution in [2.24, 2.45) is 0 Å². The SMILES string of the molecule is CC(=O)c1ccc(Nc2ncc(F)c(Nc3ccc4oc(=O)[nH]c4c3)n2)cc1.O=CO. The van der Waals surface area contributed by atoms with Crippen LogP contribution in [0.25, 0.3) is 11.1 Å². The van der Waals surface area contributed by atoms with E-state index in [0.717, 1.165) is 6.20 Å². The van der Waals surface area contributed by atoms with Crippen molar-refractivity contribution in [3.8, 4) is 0 Å². The molecule has 31 heavy (non-hydrogen) atoms. The largest absolute Gasteiger partial charge is 0.483 e. The van der Waals surface area contributed by atoms with Crippen molar-refractivity contribution in [3.05, 3.63) is 70.6 Å². The third-order valence-electron chi connectivity index (χ3n) is 3.97. The van der Waals surface area contributed by atoms with Gasteiger partial charge in [0.15, 0.2) is 23.0 Å². The van der Waals surface area contributed by atoms with Gasteiger partial charge >= 0.3 is 5.76 Å². The van der Waals surface area contributed by atoms with Crippen LogP contribution in [0.3, 0.4) is 0 Å². The maximum Gasteiger partial charge on any atom is 0.417 e. The molecule has 158 valence electrons. The van der Waals surface area contributed by atoms with Crippen molar-refractivity contribution in [1.82, 2.24) is 15.0 Å². The van der Waals surface area contributed by atoms with E-state index in [2.05, 4.69) is 25.6 Å². The lowest BCUT2D eigenvalue weighted by atomic mass is 10.1. The summed E-state index contributed by atoms with van der Waals surface area (Å²) in [6, 6.07) is 11.6. The van der Waals surface area contributed by atoms with Gasteiger partial charge in [0.05, 0.1) is 11.7 Å². The van der Waals surface area contributed by atoms with E-state index in [0.29, 0.717) is 28.0 Å². The van der Waals surface area contributed by atoms with E-state index in [1.807, 2.05) is 0 Å². The minimum Gasteiger partial charge on any atom is -0.483 e. The number of hydrogen-bond donors (Lipinski definition) is 4. The number of nitrogens with zero attached hydrogens (tertiary/aromatic N) is 2. The first-order valence-corrected chi connectivity index (χ1v) is 8.78. The second kappa shape index (κ2) is 9.31. The molecule has 0 aliphatic heterocycles. The fourth-order valence-corrected chi connectivity index (χ4v) is 2.60. The Labute approximate surface area is 173 Å². The van der Waals surface area contributed by atoms with E-state index in [1.165, 1.54) is 6.92 Å². The van der Waals surface area contributed by atoms with Gasteiger partial charge < -0.3 is 20.2 Å². The number of Topliss-reactive ketones (excluding diaryl/α,β-unsaturated/α-hetero) is 1. The van der Waals surface area contributed by atoms with Crippen molar-refractivity contribution in [2.75, 3.05) is 10.6 Å². The van der Waals surface area contributed by atoms with E-state index in [9.17, 15) is 14.0 Å². The molecule has 4 rings (SSSR count). The number of H-pyrrole nitrogens is 1.